The van der Waals surface area contributed by atoms with Gasteiger partial charge in [-0.2, -0.15) is 0 Å². The van der Waals surface area contributed by atoms with E-state index in [4.69, 9.17) is 19.9 Å². The first-order valence-electron chi connectivity index (χ1n) is 15.2. The highest BCUT2D eigenvalue weighted by molar-refractivity contribution is 5.86. The highest BCUT2D eigenvalue weighted by Gasteiger charge is 2.31. The van der Waals surface area contributed by atoms with Crippen LogP contribution in [0.15, 0.2) is 60.7 Å². The summed E-state index contributed by atoms with van der Waals surface area (Å²) in [6, 6.07) is 22.5. The number of nitrogens with one attached hydrogen (secondary N) is 4. The number of pyridine rings is 2. The molecule has 8 rings (SSSR count). The van der Waals surface area contributed by atoms with E-state index in [0.717, 1.165) is 80.1 Å². The van der Waals surface area contributed by atoms with Gasteiger partial charge in [0.15, 0.2) is 0 Å². The van der Waals surface area contributed by atoms with Crippen LogP contribution in [-0.4, -0.2) is 42.0 Å². The molecule has 8 heteroatoms. The van der Waals surface area contributed by atoms with E-state index < -0.39 is 0 Å². The molecule has 2 fully saturated rings. The quantitative estimate of drug-likeness (QED) is 0.190. The number of H-pyrrole nitrogens is 2. The second kappa shape index (κ2) is 9.71. The Kier molecular flexibility index (Phi) is 5.91. The van der Waals surface area contributed by atoms with Gasteiger partial charge in [0.1, 0.15) is 11.6 Å². The smallest absolute Gasteiger partial charge is 0.124 e. The number of rotatable bonds is 4. The topological polar surface area (TPSA) is 107 Å². The first kappa shape index (κ1) is 25.6. The molecule has 0 radical (unpaired) electrons. The first-order valence-corrected chi connectivity index (χ1v) is 15.2. The molecule has 0 aliphatic carbocycles. The van der Waals surface area contributed by atoms with Crippen molar-refractivity contribution in [2.75, 3.05) is 0 Å². The van der Waals surface area contributed by atoms with Gasteiger partial charge in [0.05, 0.1) is 56.6 Å². The molecule has 6 heterocycles. The molecule has 4 aromatic heterocycles. The summed E-state index contributed by atoms with van der Waals surface area (Å²) in [7, 11) is 0. The van der Waals surface area contributed by atoms with E-state index in [2.05, 4.69) is 109 Å². The zero-order chi connectivity index (χ0) is 28.5. The van der Waals surface area contributed by atoms with Gasteiger partial charge in [-0.1, -0.05) is 26.0 Å². The molecular weight excluding hydrogens is 520 g/mol. The van der Waals surface area contributed by atoms with Crippen molar-refractivity contribution in [1.82, 2.24) is 40.5 Å². The third-order valence-electron chi connectivity index (χ3n) is 9.64. The number of benzene rings is 2. The molecule has 0 spiro atoms. The third kappa shape index (κ3) is 4.37. The summed E-state index contributed by atoms with van der Waals surface area (Å²) in [5.41, 5.74) is 9.77. The number of aromatic amines is 2. The van der Waals surface area contributed by atoms with E-state index in [-0.39, 0.29) is 12.1 Å². The SMILES string of the molecule is C[C@@H]1C[C@@H](c2nc3ccc(-c4ccc5nc(-c6ccc7nc([C@@H]8C[C@@H](C)[C@@H](C)N8)[nH]c7c6)ccc5n4)cc3[nH]2)N[C@@H]1C. The number of hydrogen-bond donors (Lipinski definition) is 4. The molecule has 0 unspecified atom stereocenters. The number of fused-ring (bicyclic) bond motifs is 3. The van der Waals surface area contributed by atoms with E-state index in [0.29, 0.717) is 23.9 Å². The van der Waals surface area contributed by atoms with Crippen molar-refractivity contribution in [2.24, 2.45) is 11.8 Å². The van der Waals surface area contributed by atoms with Crippen molar-refractivity contribution in [3.63, 3.8) is 0 Å². The van der Waals surface area contributed by atoms with E-state index >= 15 is 0 Å². The van der Waals surface area contributed by atoms with E-state index in [9.17, 15) is 0 Å². The predicted molar refractivity (Wildman–Crippen MR) is 168 cm³/mol. The Bertz CT molecular complexity index is 1790. The maximum absolute atomic E-state index is 4.97. The van der Waals surface area contributed by atoms with Gasteiger partial charge < -0.3 is 20.6 Å². The average Bonchev–Trinajstić information content (AvgIpc) is 3.77. The summed E-state index contributed by atoms with van der Waals surface area (Å²) < 4.78 is 0. The van der Waals surface area contributed by atoms with Gasteiger partial charge in [0, 0.05) is 23.2 Å². The van der Waals surface area contributed by atoms with E-state index in [1.54, 1.807) is 0 Å². The minimum absolute atomic E-state index is 0.276. The van der Waals surface area contributed by atoms with E-state index in [1.165, 1.54) is 0 Å². The predicted octanol–water partition coefficient (Wildman–Crippen LogP) is 6.83. The molecule has 0 bridgehead atoms. The van der Waals surface area contributed by atoms with Crippen molar-refractivity contribution in [2.45, 2.75) is 64.7 Å². The molecule has 2 aromatic carbocycles. The normalized spacial score (nSPS) is 26.2. The summed E-state index contributed by atoms with van der Waals surface area (Å²) in [5, 5.41) is 7.33. The fourth-order valence-electron chi connectivity index (χ4n) is 6.67. The molecule has 212 valence electrons. The average molecular weight is 557 g/mol. The first-order chi connectivity index (χ1) is 20.4. The summed E-state index contributed by atoms with van der Waals surface area (Å²) in [6.07, 6.45) is 2.20. The van der Waals surface area contributed by atoms with Crippen LogP contribution in [0.1, 0.15) is 64.3 Å². The molecule has 2 aliphatic heterocycles. The maximum atomic E-state index is 4.97. The van der Waals surface area contributed by atoms with Gasteiger partial charge in [0.2, 0.25) is 0 Å². The van der Waals surface area contributed by atoms with Crippen LogP contribution in [0.5, 0.6) is 0 Å². The summed E-state index contributed by atoms with van der Waals surface area (Å²) in [5.74, 6) is 3.32. The summed E-state index contributed by atoms with van der Waals surface area (Å²) in [6.45, 7) is 9.09. The Balaban J connectivity index is 1.06. The second-order valence-corrected chi connectivity index (χ2v) is 12.6. The Morgan fingerprint density at radius 1 is 0.524 bits per heavy atom. The largest absolute Gasteiger partial charge is 0.341 e. The van der Waals surface area contributed by atoms with Crippen LogP contribution in [0.2, 0.25) is 0 Å². The minimum Gasteiger partial charge on any atom is -0.341 e. The minimum atomic E-state index is 0.276. The lowest BCUT2D eigenvalue weighted by Crippen LogP contribution is -2.24. The monoisotopic (exact) mass is 556 g/mol. The van der Waals surface area contributed by atoms with Crippen LogP contribution < -0.4 is 10.6 Å². The standard InChI is InChI=1S/C34H36N8/c1-17-13-31(35-19(17)3)33-39-27-7-5-21(15-29(27)41-33)23-9-11-26-25(37-23)12-10-24(38-26)22-6-8-28-30(16-22)42-34(40-28)32-14-18(2)20(4)36-32/h5-12,15-20,31-32,35-36H,13-14H2,1-4H3,(H,39,41)(H,40,42)/t17-,18-,19-,20-,31+,32+/m1/s1. The zero-order valence-electron chi connectivity index (χ0n) is 24.4. The molecule has 42 heavy (non-hydrogen) atoms. The lowest BCUT2D eigenvalue weighted by Gasteiger charge is -2.08. The van der Waals surface area contributed by atoms with Gasteiger partial charge >= 0.3 is 0 Å². The van der Waals surface area contributed by atoms with Crippen LogP contribution in [0.3, 0.4) is 0 Å². The van der Waals surface area contributed by atoms with Crippen molar-refractivity contribution in [3.8, 4) is 22.5 Å². The fraction of sp³-hybridized carbons (Fsp3) is 0.353. The number of nitrogens with zero attached hydrogens (tertiary/aromatic N) is 4. The van der Waals surface area contributed by atoms with Crippen LogP contribution in [0, 0.1) is 11.8 Å². The molecule has 2 aliphatic rings. The number of aromatic nitrogens is 6. The lowest BCUT2D eigenvalue weighted by molar-refractivity contribution is 0.516. The van der Waals surface area contributed by atoms with E-state index in [1.807, 2.05) is 0 Å². The molecule has 6 atom stereocenters. The van der Waals surface area contributed by atoms with Crippen molar-refractivity contribution >= 4 is 33.1 Å². The van der Waals surface area contributed by atoms with Crippen LogP contribution >= 0.6 is 0 Å². The molecule has 4 N–H and O–H groups in total. The second-order valence-electron chi connectivity index (χ2n) is 12.6. The van der Waals surface area contributed by atoms with Crippen molar-refractivity contribution < 1.29 is 0 Å². The van der Waals surface area contributed by atoms with Crippen molar-refractivity contribution in [3.05, 3.63) is 72.3 Å². The maximum Gasteiger partial charge on any atom is 0.124 e. The molecule has 0 amide bonds. The molecule has 2 saturated heterocycles. The van der Waals surface area contributed by atoms with Gasteiger partial charge in [-0.3, -0.25) is 0 Å². The molecule has 0 saturated carbocycles. The van der Waals surface area contributed by atoms with Gasteiger partial charge in [-0.05, 0) is 87.1 Å². The lowest BCUT2D eigenvalue weighted by atomic mass is 10.0. The summed E-state index contributed by atoms with van der Waals surface area (Å²) >= 11 is 0. The van der Waals surface area contributed by atoms with Gasteiger partial charge in [0.25, 0.3) is 0 Å². The number of hydrogen-bond acceptors (Lipinski definition) is 6. The van der Waals surface area contributed by atoms with Gasteiger partial charge in [-0.15, -0.1) is 0 Å². The zero-order valence-corrected chi connectivity index (χ0v) is 24.4. The number of imidazole rings is 2. The third-order valence-corrected chi connectivity index (χ3v) is 9.64. The molecule has 6 aromatic rings. The van der Waals surface area contributed by atoms with Crippen LogP contribution in [0.25, 0.3) is 55.6 Å². The summed E-state index contributed by atoms with van der Waals surface area (Å²) in [4.78, 5) is 26.8. The highest BCUT2D eigenvalue weighted by Crippen LogP contribution is 2.33. The Labute approximate surface area is 244 Å². The van der Waals surface area contributed by atoms with Crippen LogP contribution in [0.4, 0.5) is 0 Å². The van der Waals surface area contributed by atoms with Crippen molar-refractivity contribution in [1.29, 1.82) is 0 Å². The fourth-order valence-corrected chi connectivity index (χ4v) is 6.67. The van der Waals surface area contributed by atoms with Gasteiger partial charge in [-0.25, -0.2) is 19.9 Å². The highest BCUT2D eigenvalue weighted by atomic mass is 15.1. The Hall–Kier alpha value is -4.14. The Morgan fingerprint density at radius 2 is 0.952 bits per heavy atom. The molecular formula is C34H36N8. The van der Waals surface area contributed by atoms with Crippen LogP contribution in [-0.2, 0) is 0 Å². The molecule has 8 nitrogen and oxygen atoms in total. The Morgan fingerprint density at radius 3 is 1.36 bits per heavy atom.